The maximum Gasteiger partial charge on any atom is 0.309 e. The molecule has 1 aliphatic rings. The molecular weight excluding hydrogens is 228 g/mol. The summed E-state index contributed by atoms with van der Waals surface area (Å²) in [5.41, 5.74) is 1.03. The highest BCUT2D eigenvalue weighted by Crippen LogP contribution is 2.27. The summed E-state index contributed by atoms with van der Waals surface area (Å²) in [5, 5.41) is 0. The fourth-order valence-electron chi connectivity index (χ4n) is 2.42. The molecule has 0 amide bonds. The summed E-state index contributed by atoms with van der Waals surface area (Å²) in [7, 11) is 1.71. The number of rotatable bonds is 4. The molecule has 3 nitrogen and oxygen atoms in total. The van der Waals surface area contributed by atoms with Crippen LogP contribution < -0.4 is 0 Å². The molecule has 0 radical (unpaired) electrons. The minimum Gasteiger partial charge on any atom is -0.461 e. The zero-order chi connectivity index (χ0) is 12.8. The highest BCUT2D eigenvalue weighted by Gasteiger charge is 2.28. The van der Waals surface area contributed by atoms with Crippen molar-refractivity contribution in [1.82, 2.24) is 0 Å². The molecule has 0 heterocycles. The standard InChI is InChI=1S/C15H20O3/c1-17-14-9-5-8-13(10-14)15(16)18-11-12-6-3-2-4-7-12/h2-4,6-7,13-14H,5,8-11H2,1H3/t13-,14-/m1/s1. The van der Waals surface area contributed by atoms with E-state index < -0.39 is 0 Å². The van der Waals surface area contributed by atoms with Crippen LogP contribution in [0.2, 0.25) is 0 Å². The molecule has 1 fully saturated rings. The van der Waals surface area contributed by atoms with E-state index in [1.54, 1.807) is 7.11 Å². The zero-order valence-corrected chi connectivity index (χ0v) is 10.8. The topological polar surface area (TPSA) is 35.5 Å². The van der Waals surface area contributed by atoms with E-state index in [1.807, 2.05) is 30.3 Å². The summed E-state index contributed by atoms with van der Waals surface area (Å²) in [6.07, 6.45) is 4.04. The van der Waals surface area contributed by atoms with Crippen LogP contribution in [0, 0.1) is 5.92 Å². The summed E-state index contributed by atoms with van der Waals surface area (Å²) in [5.74, 6) is -0.0759. The number of carbonyl (C=O) groups excluding carboxylic acids is 1. The van der Waals surface area contributed by atoms with Gasteiger partial charge in [0.2, 0.25) is 0 Å². The Morgan fingerprint density at radius 2 is 2.06 bits per heavy atom. The first-order chi connectivity index (χ1) is 8.79. The summed E-state index contributed by atoms with van der Waals surface area (Å²) in [6, 6.07) is 9.78. The number of benzene rings is 1. The van der Waals surface area contributed by atoms with E-state index in [-0.39, 0.29) is 18.0 Å². The third kappa shape index (κ3) is 3.57. The van der Waals surface area contributed by atoms with Crippen molar-refractivity contribution in [2.75, 3.05) is 7.11 Å². The monoisotopic (exact) mass is 248 g/mol. The maximum atomic E-state index is 12.0. The smallest absolute Gasteiger partial charge is 0.309 e. The molecule has 0 bridgehead atoms. The second-order valence-corrected chi connectivity index (χ2v) is 4.81. The molecule has 0 aliphatic heterocycles. The predicted molar refractivity (Wildman–Crippen MR) is 69.0 cm³/mol. The largest absolute Gasteiger partial charge is 0.461 e. The molecule has 0 N–H and O–H groups in total. The van der Waals surface area contributed by atoms with E-state index in [0.717, 1.165) is 31.2 Å². The molecule has 1 aromatic rings. The molecule has 1 aliphatic carbocycles. The third-order valence-electron chi connectivity index (χ3n) is 3.52. The lowest BCUT2D eigenvalue weighted by Crippen LogP contribution is -2.28. The number of hydrogen-bond donors (Lipinski definition) is 0. The molecule has 0 saturated heterocycles. The average molecular weight is 248 g/mol. The van der Waals surface area contributed by atoms with Crippen molar-refractivity contribution < 1.29 is 14.3 Å². The Balaban J connectivity index is 1.81. The van der Waals surface area contributed by atoms with Crippen LogP contribution in [0.15, 0.2) is 30.3 Å². The zero-order valence-electron chi connectivity index (χ0n) is 10.8. The van der Waals surface area contributed by atoms with E-state index >= 15 is 0 Å². The molecule has 2 atom stereocenters. The molecule has 18 heavy (non-hydrogen) atoms. The van der Waals surface area contributed by atoms with Gasteiger partial charge in [0.1, 0.15) is 6.61 Å². The highest BCUT2D eigenvalue weighted by atomic mass is 16.5. The van der Waals surface area contributed by atoms with Crippen molar-refractivity contribution in [2.24, 2.45) is 5.92 Å². The predicted octanol–water partition coefficient (Wildman–Crippen LogP) is 2.94. The SMILES string of the molecule is CO[C@@H]1CCC[C@@H](C(=O)OCc2ccccc2)C1. The first kappa shape index (κ1) is 13.1. The van der Waals surface area contributed by atoms with Gasteiger partial charge in [0.05, 0.1) is 12.0 Å². The van der Waals surface area contributed by atoms with Gasteiger partial charge in [0, 0.05) is 7.11 Å². The number of carbonyl (C=O) groups is 1. The van der Waals surface area contributed by atoms with Gasteiger partial charge in [-0.1, -0.05) is 36.8 Å². The lowest BCUT2D eigenvalue weighted by Gasteiger charge is -2.26. The summed E-state index contributed by atoms with van der Waals surface area (Å²) < 4.78 is 10.7. The normalized spacial score (nSPS) is 23.6. The van der Waals surface area contributed by atoms with Crippen molar-refractivity contribution in [2.45, 2.75) is 38.4 Å². The van der Waals surface area contributed by atoms with Crippen molar-refractivity contribution >= 4 is 5.97 Å². The Labute approximate surface area is 108 Å². The van der Waals surface area contributed by atoms with E-state index in [1.165, 1.54) is 0 Å². The summed E-state index contributed by atoms with van der Waals surface area (Å²) in [6.45, 7) is 0.369. The summed E-state index contributed by atoms with van der Waals surface area (Å²) >= 11 is 0. The van der Waals surface area contributed by atoms with Gasteiger partial charge in [-0.3, -0.25) is 4.79 Å². The van der Waals surface area contributed by atoms with Crippen LogP contribution in [-0.2, 0) is 20.9 Å². The minimum atomic E-state index is -0.0828. The second-order valence-electron chi connectivity index (χ2n) is 4.81. The number of methoxy groups -OCH3 is 1. The van der Waals surface area contributed by atoms with Crippen LogP contribution in [0.1, 0.15) is 31.2 Å². The van der Waals surface area contributed by atoms with E-state index in [0.29, 0.717) is 6.61 Å². The molecule has 98 valence electrons. The van der Waals surface area contributed by atoms with Crippen LogP contribution >= 0.6 is 0 Å². The van der Waals surface area contributed by atoms with Gasteiger partial charge in [-0.25, -0.2) is 0 Å². The van der Waals surface area contributed by atoms with E-state index in [2.05, 4.69) is 0 Å². The molecule has 1 aromatic carbocycles. The van der Waals surface area contributed by atoms with Gasteiger partial charge in [0.15, 0.2) is 0 Å². The summed E-state index contributed by atoms with van der Waals surface area (Å²) in [4.78, 5) is 12.0. The Hall–Kier alpha value is -1.35. The van der Waals surface area contributed by atoms with Crippen LogP contribution in [0.4, 0.5) is 0 Å². The fraction of sp³-hybridized carbons (Fsp3) is 0.533. The molecule has 0 unspecified atom stereocenters. The van der Waals surface area contributed by atoms with Crippen molar-refractivity contribution in [3.05, 3.63) is 35.9 Å². The van der Waals surface area contributed by atoms with Crippen LogP contribution in [0.25, 0.3) is 0 Å². The fourth-order valence-corrected chi connectivity index (χ4v) is 2.42. The lowest BCUT2D eigenvalue weighted by molar-refractivity contribution is -0.152. The Bertz CT molecular complexity index is 375. The molecular formula is C15H20O3. The van der Waals surface area contributed by atoms with Crippen molar-refractivity contribution in [3.63, 3.8) is 0 Å². The number of hydrogen-bond acceptors (Lipinski definition) is 3. The van der Waals surface area contributed by atoms with Crippen LogP contribution in [0.3, 0.4) is 0 Å². The number of ether oxygens (including phenoxy) is 2. The van der Waals surface area contributed by atoms with Crippen molar-refractivity contribution in [3.8, 4) is 0 Å². The molecule has 2 rings (SSSR count). The van der Waals surface area contributed by atoms with Gasteiger partial charge in [0.25, 0.3) is 0 Å². The van der Waals surface area contributed by atoms with Crippen molar-refractivity contribution in [1.29, 1.82) is 0 Å². The molecule has 0 spiro atoms. The Kier molecular flexibility index (Phi) is 4.76. The first-order valence-electron chi connectivity index (χ1n) is 6.53. The lowest BCUT2D eigenvalue weighted by atomic mass is 9.87. The van der Waals surface area contributed by atoms with Gasteiger partial charge in [-0.2, -0.15) is 0 Å². The Morgan fingerprint density at radius 1 is 1.28 bits per heavy atom. The van der Waals surface area contributed by atoms with E-state index in [4.69, 9.17) is 9.47 Å². The van der Waals surface area contributed by atoms with Crippen LogP contribution in [0.5, 0.6) is 0 Å². The quantitative estimate of drug-likeness (QED) is 0.768. The number of esters is 1. The van der Waals surface area contributed by atoms with Gasteiger partial charge in [-0.15, -0.1) is 0 Å². The second kappa shape index (κ2) is 6.55. The highest BCUT2D eigenvalue weighted by molar-refractivity contribution is 5.72. The average Bonchev–Trinajstić information content (AvgIpc) is 2.46. The Morgan fingerprint density at radius 3 is 2.78 bits per heavy atom. The molecule has 1 saturated carbocycles. The van der Waals surface area contributed by atoms with Gasteiger partial charge < -0.3 is 9.47 Å². The first-order valence-corrected chi connectivity index (χ1v) is 6.53. The third-order valence-corrected chi connectivity index (χ3v) is 3.52. The van der Waals surface area contributed by atoms with Gasteiger partial charge in [-0.05, 0) is 24.8 Å². The molecule has 3 heteroatoms. The van der Waals surface area contributed by atoms with Gasteiger partial charge >= 0.3 is 5.97 Å². The van der Waals surface area contributed by atoms with E-state index in [9.17, 15) is 4.79 Å². The maximum absolute atomic E-state index is 12.0. The minimum absolute atomic E-state index is 0.00686. The van der Waals surface area contributed by atoms with Crippen LogP contribution in [-0.4, -0.2) is 19.2 Å². The molecule has 0 aromatic heterocycles.